The SMILES string of the molecule is COc1cccc(Sc2ccccc2-c2cc(C)[nH]c(=O)c2C#N)c1. The van der Waals surface area contributed by atoms with E-state index in [4.69, 9.17) is 4.74 Å². The number of hydrogen-bond donors (Lipinski definition) is 1. The molecule has 0 aliphatic carbocycles. The van der Waals surface area contributed by atoms with Gasteiger partial charge in [0.25, 0.3) is 5.56 Å². The van der Waals surface area contributed by atoms with Crippen LogP contribution >= 0.6 is 11.8 Å². The maximum Gasteiger partial charge on any atom is 0.266 e. The van der Waals surface area contributed by atoms with Crippen LogP contribution in [0.5, 0.6) is 5.75 Å². The van der Waals surface area contributed by atoms with Crippen LogP contribution in [0.3, 0.4) is 0 Å². The zero-order chi connectivity index (χ0) is 17.8. The third-order valence-corrected chi connectivity index (χ3v) is 4.79. The van der Waals surface area contributed by atoms with E-state index in [1.807, 2.05) is 67.6 Å². The van der Waals surface area contributed by atoms with Gasteiger partial charge >= 0.3 is 0 Å². The van der Waals surface area contributed by atoms with Gasteiger partial charge in [-0.3, -0.25) is 4.79 Å². The molecule has 3 rings (SSSR count). The van der Waals surface area contributed by atoms with E-state index < -0.39 is 0 Å². The van der Waals surface area contributed by atoms with Crippen molar-refractivity contribution >= 4 is 11.8 Å². The highest BCUT2D eigenvalue weighted by Crippen LogP contribution is 2.37. The van der Waals surface area contributed by atoms with Crippen LogP contribution in [0.1, 0.15) is 11.3 Å². The zero-order valence-electron chi connectivity index (χ0n) is 13.9. The van der Waals surface area contributed by atoms with E-state index in [0.717, 1.165) is 26.8 Å². The second kappa shape index (κ2) is 7.29. The number of aromatic nitrogens is 1. The molecule has 0 atom stereocenters. The van der Waals surface area contributed by atoms with Gasteiger partial charge in [-0.05, 0) is 42.8 Å². The molecular weight excluding hydrogens is 332 g/mol. The van der Waals surface area contributed by atoms with E-state index in [1.165, 1.54) is 0 Å². The molecule has 3 aromatic rings. The highest BCUT2D eigenvalue weighted by Gasteiger charge is 2.14. The van der Waals surface area contributed by atoms with Crippen LogP contribution in [-0.4, -0.2) is 12.1 Å². The van der Waals surface area contributed by atoms with Crippen molar-refractivity contribution in [2.24, 2.45) is 0 Å². The number of hydrogen-bond acceptors (Lipinski definition) is 4. The number of aryl methyl sites for hydroxylation is 1. The average molecular weight is 348 g/mol. The molecular formula is C20H16N2O2S. The normalized spacial score (nSPS) is 10.3. The number of rotatable bonds is 4. The molecule has 0 unspecified atom stereocenters. The molecule has 25 heavy (non-hydrogen) atoms. The maximum atomic E-state index is 12.1. The highest BCUT2D eigenvalue weighted by atomic mass is 32.2. The molecule has 0 bridgehead atoms. The van der Waals surface area contributed by atoms with Gasteiger partial charge in [-0.2, -0.15) is 5.26 Å². The van der Waals surface area contributed by atoms with Crippen molar-refractivity contribution in [1.82, 2.24) is 4.98 Å². The summed E-state index contributed by atoms with van der Waals surface area (Å²) in [6.45, 7) is 1.81. The Bertz CT molecular complexity index is 1020. The lowest BCUT2D eigenvalue weighted by Crippen LogP contribution is -2.12. The molecule has 1 heterocycles. The molecule has 1 N–H and O–H groups in total. The smallest absolute Gasteiger partial charge is 0.266 e. The summed E-state index contributed by atoms with van der Waals surface area (Å²) in [6.07, 6.45) is 0. The van der Waals surface area contributed by atoms with Gasteiger partial charge in [-0.25, -0.2) is 0 Å². The highest BCUT2D eigenvalue weighted by molar-refractivity contribution is 7.99. The number of H-pyrrole nitrogens is 1. The van der Waals surface area contributed by atoms with Gasteiger partial charge in [0.1, 0.15) is 17.4 Å². The number of benzene rings is 2. The Balaban J connectivity index is 2.11. The molecule has 0 saturated heterocycles. The van der Waals surface area contributed by atoms with Crippen LogP contribution in [0.15, 0.2) is 69.2 Å². The van der Waals surface area contributed by atoms with Gasteiger partial charge < -0.3 is 9.72 Å². The summed E-state index contributed by atoms with van der Waals surface area (Å²) in [6, 6.07) is 19.4. The Morgan fingerprint density at radius 2 is 1.88 bits per heavy atom. The van der Waals surface area contributed by atoms with Crippen molar-refractivity contribution in [3.63, 3.8) is 0 Å². The van der Waals surface area contributed by atoms with Crippen LogP contribution in [0.2, 0.25) is 0 Å². The quantitative estimate of drug-likeness (QED) is 0.760. The number of methoxy groups -OCH3 is 1. The molecule has 0 saturated carbocycles. The van der Waals surface area contributed by atoms with E-state index in [-0.39, 0.29) is 11.1 Å². The molecule has 0 aliphatic rings. The number of ether oxygens (including phenoxy) is 1. The molecule has 0 aliphatic heterocycles. The number of nitrogens with one attached hydrogen (secondary N) is 1. The van der Waals surface area contributed by atoms with Gasteiger partial charge in [-0.1, -0.05) is 36.0 Å². The fraction of sp³-hybridized carbons (Fsp3) is 0.100. The van der Waals surface area contributed by atoms with Gasteiger partial charge in [-0.15, -0.1) is 0 Å². The third-order valence-electron chi connectivity index (χ3n) is 3.73. The first-order chi connectivity index (χ1) is 12.1. The number of nitrogens with zero attached hydrogens (tertiary/aromatic N) is 1. The van der Waals surface area contributed by atoms with Crippen molar-refractivity contribution in [3.8, 4) is 22.9 Å². The zero-order valence-corrected chi connectivity index (χ0v) is 14.7. The summed E-state index contributed by atoms with van der Waals surface area (Å²) < 4.78 is 5.27. The van der Waals surface area contributed by atoms with Gasteiger partial charge in [0, 0.05) is 21.0 Å². The second-order valence-corrected chi connectivity index (χ2v) is 6.57. The largest absolute Gasteiger partial charge is 0.497 e. The lowest BCUT2D eigenvalue weighted by molar-refractivity contribution is 0.413. The Hall–Kier alpha value is -2.97. The summed E-state index contributed by atoms with van der Waals surface area (Å²) in [5.74, 6) is 0.784. The van der Waals surface area contributed by atoms with Crippen molar-refractivity contribution in [1.29, 1.82) is 5.26 Å². The van der Waals surface area contributed by atoms with Gasteiger partial charge in [0.15, 0.2) is 0 Å². The summed E-state index contributed by atoms with van der Waals surface area (Å²) >= 11 is 1.57. The van der Waals surface area contributed by atoms with Crippen LogP contribution in [0.25, 0.3) is 11.1 Å². The minimum atomic E-state index is -0.362. The van der Waals surface area contributed by atoms with Crippen LogP contribution in [0, 0.1) is 18.3 Å². The number of nitriles is 1. The lowest BCUT2D eigenvalue weighted by atomic mass is 10.0. The molecule has 2 aromatic carbocycles. The predicted octanol–water partition coefficient (Wildman–Crippen LogP) is 4.38. The average Bonchev–Trinajstić information content (AvgIpc) is 2.62. The Morgan fingerprint density at radius 3 is 2.64 bits per heavy atom. The van der Waals surface area contributed by atoms with Gasteiger partial charge in [0.05, 0.1) is 7.11 Å². The standard InChI is InChI=1S/C20H16N2O2S/c1-13-10-17(18(12-21)20(23)22-13)16-8-3-4-9-19(16)25-15-7-5-6-14(11-15)24-2/h3-11H,1-2H3,(H,22,23). The van der Waals surface area contributed by atoms with Gasteiger partial charge in [0.2, 0.25) is 0 Å². The fourth-order valence-corrected chi connectivity index (χ4v) is 3.59. The van der Waals surface area contributed by atoms with E-state index in [9.17, 15) is 10.1 Å². The minimum absolute atomic E-state index is 0.129. The first-order valence-electron chi connectivity index (χ1n) is 7.67. The molecule has 124 valence electrons. The first kappa shape index (κ1) is 16.9. The second-order valence-electron chi connectivity index (χ2n) is 5.46. The first-order valence-corrected chi connectivity index (χ1v) is 8.49. The van der Waals surface area contributed by atoms with Crippen molar-refractivity contribution in [3.05, 3.63) is 76.2 Å². The van der Waals surface area contributed by atoms with Crippen molar-refractivity contribution < 1.29 is 4.74 Å². The summed E-state index contributed by atoms with van der Waals surface area (Å²) in [7, 11) is 1.63. The minimum Gasteiger partial charge on any atom is -0.497 e. The van der Waals surface area contributed by atoms with E-state index in [2.05, 4.69) is 4.98 Å². The van der Waals surface area contributed by atoms with E-state index in [0.29, 0.717) is 5.56 Å². The summed E-state index contributed by atoms with van der Waals surface area (Å²) in [4.78, 5) is 16.8. The maximum absolute atomic E-state index is 12.1. The Labute approximate surface area is 150 Å². The molecule has 0 fully saturated rings. The van der Waals surface area contributed by atoms with Crippen molar-refractivity contribution in [2.45, 2.75) is 16.7 Å². The fourth-order valence-electron chi connectivity index (χ4n) is 2.58. The molecule has 0 amide bonds. The molecule has 0 spiro atoms. The summed E-state index contributed by atoms with van der Waals surface area (Å²) in [5, 5.41) is 9.41. The number of pyridine rings is 1. The Morgan fingerprint density at radius 1 is 1.08 bits per heavy atom. The van der Waals surface area contributed by atoms with E-state index in [1.54, 1.807) is 18.9 Å². The Kier molecular flexibility index (Phi) is 4.92. The van der Waals surface area contributed by atoms with Crippen LogP contribution in [-0.2, 0) is 0 Å². The molecule has 0 radical (unpaired) electrons. The lowest BCUT2D eigenvalue weighted by Gasteiger charge is -2.11. The van der Waals surface area contributed by atoms with Crippen molar-refractivity contribution in [2.75, 3.05) is 7.11 Å². The van der Waals surface area contributed by atoms with E-state index >= 15 is 0 Å². The molecule has 1 aromatic heterocycles. The molecule has 5 heteroatoms. The summed E-state index contributed by atoms with van der Waals surface area (Å²) in [5.41, 5.74) is 2.00. The van der Waals surface area contributed by atoms with Crippen LogP contribution < -0.4 is 10.3 Å². The topological polar surface area (TPSA) is 65.9 Å². The molecule has 4 nitrogen and oxygen atoms in total. The van der Waals surface area contributed by atoms with Crippen LogP contribution in [0.4, 0.5) is 0 Å². The monoisotopic (exact) mass is 348 g/mol. The third kappa shape index (κ3) is 3.59. The predicted molar refractivity (Wildman–Crippen MR) is 99.1 cm³/mol. The number of aromatic amines is 1.